The molecule has 6 nitrogen and oxygen atoms in total. The first-order valence-corrected chi connectivity index (χ1v) is 8.99. The summed E-state index contributed by atoms with van der Waals surface area (Å²) < 4.78 is 35.3. The molecule has 0 unspecified atom stereocenters. The zero-order valence-electron chi connectivity index (χ0n) is 12.4. The first-order chi connectivity index (χ1) is 9.91. The minimum absolute atomic E-state index is 0.0300. The molecule has 0 aromatic carbocycles. The number of hydrogen-bond acceptors (Lipinski definition) is 4. The second kappa shape index (κ2) is 4.30. The lowest BCUT2D eigenvalue weighted by Gasteiger charge is -2.23. The Morgan fingerprint density at radius 2 is 2.19 bits per heavy atom. The summed E-state index contributed by atoms with van der Waals surface area (Å²) in [5.74, 6) is 1.18. The Balaban J connectivity index is 1.75. The molecule has 7 heteroatoms. The zero-order chi connectivity index (χ0) is 14.8. The number of fused-ring (bicyclic) bond motifs is 2. The van der Waals surface area contributed by atoms with Gasteiger partial charge in [-0.2, -0.15) is 4.31 Å². The number of imidazole rings is 1. The van der Waals surface area contributed by atoms with E-state index in [4.69, 9.17) is 4.74 Å². The molecule has 0 radical (unpaired) electrons. The van der Waals surface area contributed by atoms with Crippen molar-refractivity contribution in [3.8, 4) is 0 Å². The molecule has 4 rings (SSSR count). The molecule has 0 aliphatic carbocycles. The summed E-state index contributed by atoms with van der Waals surface area (Å²) in [4.78, 5) is 4.28. The molecule has 3 aliphatic heterocycles. The topological polar surface area (TPSA) is 64.4 Å². The van der Waals surface area contributed by atoms with Crippen molar-refractivity contribution < 1.29 is 13.2 Å². The van der Waals surface area contributed by atoms with Crippen LogP contribution in [0.1, 0.15) is 26.1 Å². The van der Waals surface area contributed by atoms with Crippen LogP contribution in [-0.4, -0.2) is 48.1 Å². The second-order valence-electron chi connectivity index (χ2n) is 7.02. The van der Waals surface area contributed by atoms with Crippen molar-refractivity contribution in [1.29, 1.82) is 0 Å². The van der Waals surface area contributed by atoms with Crippen LogP contribution >= 0.6 is 0 Å². The van der Waals surface area contributed by atoms with Gasteiger partial charge in [0.1, 0.15) is 5.82 Å². The minimum atomic E-state index is -3.49. The lowest BCUT2D eigenvalue weighted by molar-refractivity contribution is 0.137. The lowest BCUT2D eigenvalue weighted by Crippen LogP contribution is -2.39. The summed E-state index contributed by atoms with van der Waals surface area (Å²) in [7, 11) is -3.49. The molecule has 0 saturated carbocycles. The maximum Gasteiger partial charge on any atom is 0.260 e. The third-order valence-corrected chi connectivity index (χ3v) is 7.12. The van der Waals surface area contributed by atoms with Crippen LogP contribution in [0.3, 0.4) is 0 Å². The van der Waals surface area contributed by atoms with E-state index in [1.165, 1.54) is 6.20 Å². The van der Waals surface area contributed by atoms with Crippen molar-refractivity contribution in [2.75, 3.05) is 19.8 Å². The first-order valence-electron chi connectivity index (χ1n) is 7.55. The normalized spacial score (nSPS) is 31.5. The molecule has 0 bridgehead atoms. The van der Waals surface area contributed by atoms with Gasteiger partial charge in [-0.1, -0.05) is 13.8 Å². The third kappa shape index (κ3) is 1.83. The fraction of sp³-hybridized carbons (Fsp3) is 0.786. The summed E-state index contributed by atoms with van der Waals surface area (Å²) in [6.45, 7) is 6.76. The van der Waals surface area contributed by atoms with Crippen molar-refractivity contribution in [3.63, 3.8) is 0 Å². The van der Waals surface area contributed by atoms with E-state index >= 15 is 0 Å². The van der Waals surface area contributed by atoms with Gasteiger partial charge >= 0.3 is 0 Å². The molecule has 1 aromatic rings. The summed E-state index contributed by atoms with van der Waals surface area (Å²) in [5, 5.41) is 0.360. The highest BCUT2D eigenvalue weighted by Crippen LogP contribution is 2.45. The molecule has 21 heavy (non-hydrogen) atoms. The van der Waals surface area contributed by atoms with Crippen LogP contribution in [0.15, 0.2) is 11.2 Å². The Hall–Kier alpha value is -0.920. The van der Waals surface area contributed by atoms with E-state index in [1.54, 1.807) is 4.31 Å². The van der Waals surface area contributed by atoms with E-state index in [0.29, 0.717) is 24.8 Å². The molecule has 2 fully saturated rings. The summed E-state index contributed by atoms with van der Waals surface area (Å²) in [6, 6.07) is -0.0300. The minimum Gasteiger partial charge on any atom is -0.379 e. The summed E-state index contributed by atoms with van der Waals surface area (Å²) in [6.07, 6.45) is 3.38. The fourth-order valence-electron chi connectivity index (χ4n) is 4.03. The van der Waals surface area contributed by atoms with Gasteiger partial charge in [0.15, 0.2) is 5.03 Å². The highest BCUT2D eigenvalue weighted by molar-refractivity contribution is 7.89. The highest BCUT2D eigenvalue weighted by atomic mass is 32.2. The molecule has 0 amide bonds. The maximum absolute atomic E-state index is 13.1. The van der Waals surface area contributed by atoms with Crippen LogP contribution in [0.2, 0.25) is 0 Å². The third-order valence-electron chi connectivity index (χ3n) is 5.24. The standard InChI is InChI=1S/C14H21N3O3S/c1-14(2)9-17(11-8-20-7-10(11)14)21(18,19)13-6-15-12-4-3-5-16(12)13/h6,10-11H,3-5,7-9H2,1-2H3/t10-,11+/m0/s1. The summed E-state index contributed by atoms with van der Waals surface area (Å²) in [5.41, 5.74) is -0.0396. The SMILES string of the molecule is CC1(C)CN(S(=O)(=O)c2cnc3n2CCC3)[C@@H]2COC[C@@H]21. The summed E-state index contributed by atoms with van der Waals surface area (Å²) >= 11 is 0. The van der Waals surface area contributed by atoms with Crippen molar-refractivity contribution in [2.24, 2.45) is 11.3 Å². The van der Waals surface area contributed by atoms with E-state index in [2.05, 4.69) is 18.8 Å². The fourth-order valence-corrected chi connectivity index (χ4v) is 6.00. The number of ether oxygens (including phenoxy) is 1. The predicted octanol–water partition coefficient (Wildman–Crippen LogP) is 0.875. The Morgan fingerprint density at radius 1 is 1.38 bits per heavy atom. The Kier molecular flexibility index (Phi) is 2.81. The van der Waals surface area contributed by atoms with E-state index in [0.717, 1.165) is 25.2 Å². The quantitative estimate of drug-likeness (QED) is 0.813. The number of aromatic nitrogens is 2. The van der Waals surface area contributed by atoms with Gasteiger partial charge in [-0.15, -0.1) is 0 Å². The van der Waals surface area contributed by atoms with Gasteiger partial charge in [-0.3, -0.25) is 0 Å². The zero-order valence-corrected chi connectivity index (χ0v) is 13.3. The van der Waals surface area contributed by atoms with E-state index < -0.39 is 10.0 Å². The molecular formula is C14H21N3O3S. The second-order valence-corrected chi connectivity index (χ2v) is 8.86. The van der Waals surface area contributed by atoms with Crippen LogP contribution in [0.5, 0.6) is 0 Å². The number of hydrogen-bond donors (Lipinski definition) is 0. The molecule has 3 aliphatic rings. The van der Waals surface area contributed by atoms with Crippen LogP contribution < -0.4 is 0 Å². The number of nitrogens with zero attached hydrogens (tertiary/aromatic N) is 3. The average Bonchev–Trinajstić information content (AvgIpc) is 3.10. The van der Waals surface area contributed by atoms with Crippen molar-refractivity contribution in [3.05, 3.63) is 12.0 Å². The molecule has 4 heterocycles. The van der Waals surface area contributed by atoms with Gasteiger partial charge in [-0.05, 0) is 11.8 Å². The van der Waals surface area contributed by atoms with Crippen LogP contribution in [0, 0.1) is 11.3 Å². The molecule has 0 spiro atoms. The van der Waals surface area contributed by atoms with Gasteiger partial charge in [0.25, 0.3) is 10.0 Å². The smallest absolute Gasteiger partial charge is 0.260 e. The molecule has 1 aromatic heterocycles. The lowest BCUT2D eigenvalue weighted by atomic mass is 9.80. The highest BCUT2D eigenvalue weighted by Gasteiger charge is 2.54. The number of sulfonamides is 1. The average molecular weight is 311 g/mol. The van der Waals surface area contributed by atoms with Gasteiger partial charge in [0, 0.05) is 25.4 Å². The van der Waals surface area contributed by atoms with Crippen molar-refractivity contribution in [1.82, 2.24) is 13.9 Å². The first kappa shape index (κ1) is 13.7. The van der Waals surface area contributed by atoms with Gasteiger partial charge in [0.2, 0.25) is 0 Å². The largest absolute Gasteiger partial charge is 0.379 e. The van der Waals surface area contributed by atoms with E-state index in [9.17, 15) is 8.42 Å². The molecule has 2 saturated heterocycles. The van der Waals surface area contributed by atoms with E-state index in [-0.39, 0.29) is 17.4 Å². The van der Waals surface area contributed by atoms with E-state index in [1.807, 2.05) is 4.57 Å². The Bertz CT molecular complexity index is 680. The number of aryl methyl sites for hydroxylation is 1. The van der Waals surface area contributed by atoms with Crippen LogP contribution in [0.4, 0.5) is 0 Å². The molecule has 2 atom stereocenters. The van der Waals surface area contributed by atoms with Gasteiger partial charge < -0.3 is 9.30 Å². The van der Waals surface area contributed by atoms with Gasteiger partial charge in [0.05, 0.1) is 25.5 Å². The molecule has 0 N–H and O–H groups in total. The Morgan fingerprint density at radius 3 is 3.00 bits per heavy atom. The maximum atomic E-state index is 13.1. The molecule has 116 valence electrons. The predicted molar refractivity (Wildman–Crippen MR) is 76.3 cm³/mol. The molecular weight excluding hydrogens is 290 g/mol. The Labute approximate surface area is 125 Å². The van der Waals surface area contributed by atoms with Crippen molar-refractivity contribution in [2.45, 2.75) is 44.3 Å². The van der Waals surface area contributed by atoms with Crippen LogP contribution in [0.25, 0.3) is 0 Å². The monoisotopic (exact) mass is 311 g/mol. The van der Waals surface area contributed by atoms with Crippen LogP contribution in [-0.2, 0) is 27.7 Å². The van der Waals surface area contributed by atoms with Crippen molar-refractivity contribution >= 4 is 10.0 Å². The van der Waals surface area contributed by atoms with Gasteiger partial charge in [-0.25, -0.2) is 13.4 Å². The number of rotatable bonds is 2.